The summed E-state index contributed by atoms with van der Waals surface area (Å²) in [5, 5.41) is 3.87. The number of anilines is 1. The molecule has 2 amide bonds. The molecule has 0 saturated heterocycles. The van der Waals surface area contributed by atoms with E-state index in [2.05, 4.69) is 11.4 Å². The van der Waals surface area contributed by atoms with Crippen LogP contribution in [0.1, 0.15) is 37.5 Å². The number of ether oxygens (including phenoxy) is 1. The fourth-order valence-corrected chi connectivity index (χ4v) is 4.26. The van der Waals surface area contributed by atoms with Crippen molar-refractivity contribution in [1.82, 2.24) is 9.88 Å². The maximum Gasteiger partial charge on any atom is 0.409 e. The van der Waals surface area contributed by atoms with E-state index in [0.717, 1.165) is 33.3 Å². The first-order chi connectivity index (χ1) is 14.0. The minimum Gasteiger partial charge on any atom is -0.444 e. The van der Waals surface area contributed by atoms with Gasteiger partial charge in [0.05, 0.1) is 0 Å². The molecule has 1 aliphatic heterocycles. The summed E-state index contributed by atoms with van der Waals surface area (Å²) >= 11 is 0. The average molecular weight is 405 g/mol. The van der Waals surface area contributed by atoms with Crippen molar-refractivity contribution in [3.8, 4) is 0 Å². The molecule has 3 aromatic rings. The van der Waals surface area contributed by atoms with E-state index in [4.69, 9.17) is 4.74 Å². The van der Waals surface area contributed by atoms with E-state index in [0.29, 0.717) is 0 Å². The van der Waals surface area contributed by atoms with Crippen molar-refractivity contribution in [3.63, 3.8) is 0 Å². The Morgan fingerprint density at radius 1 is 1.07 bits per heavy atom. The maximum atomic E-state index is 13.8. The summed E-state index contributed by atoms with van der Waals surface area (Å²) in [5.74, 6) is -0.220. The van der Waals surface area contributed by atoms with Crippen LogP contribution in [0.3, 0.4) is 0 Å². The van der Waals surface area contributed by atoms with Gasteiger partial charge in [0.15, 0.2) is 5.54 Å². The molecule has 1 N–H and O–H groups in total. The van der Waals surface area contributed by atoms with E-state index in [9.17, 15) is 9.59 Å². The summed E-state index contributed by atoms with van der Waals surface area (Å²) in [5.41, 5.74) is 2.29. The van der Waals surface area contributed by atoms with Crippen LogP contribution in [0.5, 0.6) is 0 Å². The van der Waals surface area contributed by atoms with Gasteiger partial charge in [0.2, 0.25) is 0 Å². The van der Waals surface area contributed by atoms with E-state index in [1.807, 2.05) is 61.1 Å². The van der Waals surface area contributed by atoms with Crippen LogP contribution < -0.4 is 10.2 Å². The molecule has 0 saturated carbocycles. The van der Waals surface area contributed by atoms with Crippen molar-refractivity contribution < 1.29 is 14.3 Å². The van der Waals surface area contributed by atoms with Gasteiger partial charge in [0.1, 0.15) is 5.60 Å². The number of hydrogen-bond acceptors (Lipinski definition) is 3. The number of alkyl carbamates (subject to hydrolysis) is 1. The molecule has 156 valence electrons. The molecular formula is C24H27N3O3. The molecule has 2 heterocycles. The lowest BCUT2D eigenvalue weighted by Crippen LogP contribution is -2.54. The highest BCUT2D eigenvalue weighted by molar-refractivity contribution is 6.13. The van der Waals surface area contributed by atoms with E-state index < -0.39 is 17.2 Å². The zero-order valence-corrected chi connectivity index (χ0v) is 18.2. The number of hydrogen-bond donors (Lipinski definition) is 1. The lowest BCUT2D eigenvalue weighted by atomic mass is 9.83. The fourth-order valence-electron chi connectivity index (χ4n) is 4.26. The Bertz CT molecular complexity index is 1170. The number of para-hydroxylation sites is 1. The van der Waals surface area contributed by atoms with Crippen molar-refractivity contribution in [2.75, 3.05) is 11.9 Å². The van der Waals surface area contributed by atoms with Crippen molar-refractivity contribution >= 4 is 28.6 Å². The number of nitrogens with zero attached hydrogens (tertiary/aromatic N) is 2. The molecule has 1 aromatic heterocycles. The SMILES string of the molecule is Cc1ccc2c([C@@]3(NC(=O)OC(C)(C)C)C(=O)N(C)c4ccccc43)cn(C)c2c1. The third kappa shape index (κ3) is 2.95. The highest BCUT2D eigenvalue weighted by Gasteiger charge is 2.54. The van der Waals surface area contributed by atoms with Gasteiger partial charge in [-0.25, -0.2) is 4.79 Å². The van der Waals surface area contributed by atoms with Crippen molar-refractivity contribution in [2.24, 2.45) is 7.05 Å². The molecule has 4 rings (SSSR count). The first kappa shape index (κ1) is 20.0. The molecule has 0 bridgehead atoms. The zero-order valence-electron chi connectivity index (χ0n) is 18.2. The number of carbonyl (C=O) groups excluding carboxylic acids is 2. The Morgan fingerprint density at radius 2 is 1.77 bits per heavy atom. The smallest absolute Gasteiger partial charge is 0.409 e. The summed E-state index contributed by atoms with van der Waals surface area (Å²) in [6, 6.07) is 13.6. The lowest BCUT2D eigenvalue weighted by Gasteiger charge is -2.31. The number of aryl methyl sites for hydroxylation is 2. The molecular weight excluding hydrogens is 378 g/mol. The molecule has 0 spiro atoms. The summed E-state index contributed by atoms with van der Waals surface area (Å²) in [4.78, 5) is 28.3. The Balaban J connectivity index is 2.00. The molecule has 2 aromatic carbocycles. The van der Waals surface area contributed by atoms with Crippen LogP contribution in [-0.4, -0.2) is 29.2 Å². The minimum atomic E-state index is -1.37. The normalized spacial score (nSPS) is 18.6. The van der Waals surface area contributed by atoms with Crippen LogP contribution in [0.25, 0.3) is 10.9 Å². The molecule has 1 aliphatic rings. The Hall–Kier alpha value is -3.28. The maximum absolute atomic E-state index is 13.8. The van der Waals surface area contributed by atoms with Crippen molar-refractivity contribution in [1.29, 1.82) is 0 Å². The highest BCUT2D eigenvalue weighted by atomic mass is 16.6. The molecule has 0 aliphatic carbocycles. The molecule has 6 nitrogen and oxygen atoms in total. The van der Waals surface area contributed by atoms with Gasteiger partial charge < -0.3 is 14.2 Å². The third-order valence-electron chi connectivity index (χ3n) is 5.53. The lowest BCUT2D eigenvalue weighted by molar-refractivity contribution is -0.122. The number of rotatable bonds is 2. The number of carbonyl (C=O) groups is 2. The predicted molar refractivity (Wildman–Crippen MR) is 118 cm³/mol. The molecule has 0 unspecified atom stereocenters. The fraction of sp³-hybridized carbons (Fsp3) is 0.333. The number of amides is 2. The number of benzene rings is 2. The standard InChI is InChI=1S/C24H27N3O3/c1-15-11-12-16-18(14-26(5)20(16)13-15)24(25-22(29)30-23(2,3)4)17-9-7-8-10-19(17)27(6)21(24)28/h7-14H,1-6H3,(H,25,29)/t24-/m1/s1. The van der Waals surface area contributed by atoms with Crippen LogP contribution >= 0.6 is 0 Å². The Morgan fingerprint density at radius 3 is 2.47 bits per heavy atom. The number of aromatic nitrogens is 1. The van der Waals surface area contributed by atoms with E-state index >= 15 is 0 Å². The van der Waals surface area contributed by atoms with Crippen molar-refractivity contribution in [3.05, 3.63) is 65.4 Å². The van der Waals surface area contributed by atoms with Gasteiger partial charge in [0, 0.05) is 48.0 Å². The molecule has 0 fully saturated rings. The number of likely N-dealkylation sites (N-methyl/N-ethyl adjacent to an activating group) is 1. The quantitative estimate of drug-likeness (QED) is 0.694. The monoisotopic (exact) mass is 405 g/mol. The van der Waals surface area contributed by atoms with Crippen LogP contribution in [-0.2, 0) is 22.1 Å². The van der Waals surface area contributed by atoms with Gasteiger partial charge in [-0.1, -0.05) is 30.3 Å². The third-order valence-corrected chi connectivity index (χ3v) is 5.53. The van der Waals surface area contributed by atoms with Crippen molar-refractivity contribution in [2.45, 2.75) is 38.8 Å². The molecule has 6 heteroatoms. The average Bonchev–Trinajstić information content (AvgIpc) is 3.09. The summed E-state index contributed by atoms with van der Waals surface area (Å²) in [6.45, 7) is 7.44. The summed E-state index contributed by atoms with van der Waals surface area (Å²) in [7, 11) is 3.68. The Labute approximate surface area is 176 Å². The number of fused-ring (bicyclic) bond motifs is 2. The summed E-state index contributed by atoms with van der Waals surface area (Å²) in [6.07, 6.45) is 1.29. The number of nitrogens with one attached hydrogen (secondary N) is 1. The van der Waals surface area contributed by atoms with Crippen LogP contribution in [0.4, 0.5) is 10.5 Å². The van der Waals surface area contributed by atoms with E-state index in [1.54, 1.807) is 32.7 Å². The Kier molecular flexibility index (Phi) is 4.42. The van der Waals surface area contributed by atoms with Crippen LogP contribution in [0.2, 0.25) is 0 Å². The first-order valence-electron chi connectivity index (χ1n) is 9.99. The molecule has 30 heavy (non-hydrogen) atoms. The minimum absolute atomic E-state index is 0.220. The topological polar surface area (TPSA) is 63.6 Å². The second-order valence-electron chi connectivity index (χ2n) is 8.93. The molecule has 1 atom stereocenters. The van der Waals surface area contributed by atoms with Crippen LogP contribution in [0.15, 0.2) is 48.7 Å². The van der Waals surface area contributed by atoms with Gasteiger partial charge in [-0.15, -0.1) is 0 Å². The second kappa shape index (κ2) is 6.62. The van der Waals surface area contributed by atoms with Gasteiger partial charge >= 0.3 is 6.09 Å². The zero-order chi connectivity index (χ0) is 21.8. The van der Waals surface area contributed by atoms with E-state index in [1.165, 1.54) is 0 Å². The second-order valence-corrected chi connectivity index (χ2v) is 8.93. The van der Waals surface area contributed by atoms with Gasteiger partial charge in [0.25, 0.3) is 5.91 Å². The van der Waals surface area contributed by atoms with Gasteiger partial charge in [-0.2, -0.15) is 0 Å². The molecule has 0 radical (unpaired) electrons. The summed E-state index contributed by atoms with van der Waals surface area (Å²) < 4.78 is 7.55. The van der Waals surface area contributed by atoms with Gasteiger partial charge in [-0.3, -0.25) is 10.1 Å². The highest BCUT2D eigenvalue weighted by Crippen LogP contribution is 2.46. The van der Waals surface area contributed by atoms with Crippen LogP contribution in [0, 0.1) is 6.92 Å². The largest absolute Gasteiger partial charge is 0.444 e. The van der Waals surface area contributed by atoms with E-state index in [-0.39, 0.29) is 5.91 Å². The van der Waals surface area contributed by atoms with Gasteiger partial charge in [-0.05, 0) is 45.4 Å². The predicted octanol–water partition coefficient (Wildman–Crippen LogP) is 4.23. The first-order valence-corrected chi connectivity index (χ1v) is 9.99.